The summed E-state index contributed by atoms with van der Waals surface area (Å²) in [4.78, 5) is 20.8. The molecular weight excluding hydrogens is 432 g/mol. The Morgan fingerprint density at radius 1 is 0.629 bits per heavy atom. The molecule has 0 aromatic heterocycles. The van der Waals surface area contributed by atoms with E-state index in [0.29, 0.717) is 6.61 Å². The molecule has 0 radical (unpaired) electrons. The second-order valence-corrected chi connectivity index (χ2v) is 9.50. The van der Waals surface area contributed by atoms with Crippen molar-refractivity contribution in [1.29, 1.82) is 0 Å². The average Bonchev–Trinajstić information content (AvgIpc) is 2.73. The lowest BCUT2D eigenvalue weighted by Crippen LogP contribution is -1.97. The number of carbonyl (C=O) groups is 2. The van der Waals surface area contributed by atoms with E-state index in [2.05, 4.69) is 65.8 Å². The van der Waals surface area contributed by atoms with Crippen LogP contribution in [-0.2, 0) is 14.3 Å². The number of rotatable bonds is 14. The van der Waals surface area contributed by atoms with E-state index in [-0.39, 0.29) is 5.97 Å². The second-order valence-electron chi connectivity index (χ2n) is 9.50. The molecule has 0 aromatic rings. The summed E-state index contributed by atoms with van der Waals surface area (Å²) in [6, 6.07) is 0. The molecule has 0 amide bonds. The van der Waals surface area contributed by atoms with Gasteiger partial charge in [-0.1, -0.05) is 69.9 Å². The van der Waals surface area contributed by atoms with E-state index >= 15 is 0 Å². The molecule has 0 heterocycles. The summed E-state index contributed by atoms with van der Waals surface area (Å²) in [7, 11) is 0. The molecule has 0 fully saturated rings. The largest absolute Gasteiger partial charge is 0.462 e. The van der Waals surface area contributed by atoms with E-state index < -0.39 is 0 Å². The van der Waals surface area contributed by atoms with Gasteiger partial charge in [-0.3, -0.25) is 9.59 Å². The van der Waals surface area contributed by atoms with Crippen molar-refractivity contribution in [2.75, 3.05) is 6.61 Å². The lowest BCUT2D eigenvalue weighted by atomic mass is 10.1. The minimum Gasteiger partial charge on any atom is -0.462 e. The Bertz CT molecular complexity index is 819. The Hall–Kier alpha value is -2.68. The van der Waals surface area contributed by atoms with Crippen LogP contribution in [0.25, 0.3) is 0 Å². The fourth-order valence-corrected chi connectivity index (χ4v) is 2.83. The van der Waals surface area contributed by atoms with Crippen molar-refractivity contribution in [2.45, 2.75) is 101 Å². The van der Waals surface area contributed by atoms with Gasteiger partial charge in [0.2, 0.25) is 0 Å². The van der Waals surface area contributed by atoms with Gasteiger partial charge >= 0.3 is 5.97 Å². The van der Waals surface area contributed by atoms with Crippen LogP contribution in [0, 0.1) is 0 Å². The smallest absolute Gasteiger partial charge is 0.302 e. The van der Waals surface area contributed by atoms with E-state index in [9.17, 15) is 9.59 Å². The molecule has 0 bridgehead atoms. The third-order valence-electron chi connectivity index (χ3n) is 5.00. The van der Waals surface area contributed by atoms with Crippen LogP contribution >= 0.6 is 0 Å². The van der Waals surface area contributed by atoms with Crippen LogP contribution in [-0.4, -0.2) is 18.9 Å². The van der Waals surface area contributed by atoms with Gasteiger partial charge in [0.1, 0.15) is 12.9 Å². The number of allylic oxidation sites excluding steroid dienone is 13. The summed E-state index contributed by atoms with van der Waals surface area (Å²) in [6.45, 7) is 18.6. The molecule has 0 unspecified atom stereocenters. The van der Waals surface area contributed by atoms with Crippen molar-refractivity contribution in [2.24, 2.45) is 0 Å². The molecule has 35 heavy (non-hydrogen) atoms. The van der Waals surface area contributed by atoms with E-state index in [1.165, 1.54) is 29.2 Å². The highest BCUT2D eigenvalue weighted by molar-refractivity contribution is 5.66. The lowest BCUT2D eigenvalue weighted by molar-refractivity contribution is -0.139. The first-order chi connectivity index (χ1) is 16.5. The minimum atomic E-state index is -0.247. The Morgan fingerprint density at radius 2 is 1.11 bits per heavy atom. The first kappa shape index (κ1) is 34.5. The lowest BCUT2D eigenvalue weighted by Gasteiger charge is -2.00. The van der Waals surface area contributed by atoms with Gasteiger partial charge in [-0.25, -0.2) is 0 Å². The zero-order chi connectivity index (χ0) is 27.1. The fourth-order valence-electron chi connectivity index (χ4n) is 2.83. The summed E-state index contributed by atoms with van der Waals surface area (Å²) >= 11 is 0. The number of esters is 1. The SMILES string of the molecule is CC(=O)OC/C=C(C)/C=C/C=C(\C)CCC=C(C)C.CC(C)=CCC/C(C)=C/CC/C(C)=C/C=O. The molecule has 3 heteroatoms. The Morgan fingerprint density at radius 3 is 1.60 bits per heavy atom. The fraction of sp³-hybridized carbons (Fsp3) is 0.500. The molecule has 0 saturated carbocycles. The molecule has 0 saturated heterocycles. The Balaban J connectivity index is 0. The maximum Gasteiger partial charge on any atom is 0.302 e. The highest BCUT2D eigenvalue weighted by Gasteiger charge is 1.92. The first-order valence-corrected chi connectivity index (χ1v) is 12.6. The number of hydrogen-bond donors (Lipinski definition) is 0. The molecule has 0 aliphatic heterocycles. The van der Waals surface area contributed by atoms with Crippen molar-refractivity contribution in [3.8, 4) is 0 Å². The normalized spacial score (nSPS) is 12.6. The van der Waals surface area contributed by atoms with Gasteiger partial charge in [0.05, 0.1) is 0 Å². The van der Waals surface area contributed by atoms with E-state index in [1.807, 2.05) is 32.1 Å². The molecule has 0 aliphatic rings. The molecule has 0 aliphatic carbocycles. The number of hydrogen-bond acceptors (Lipinski definition) is 3. The molecule has 0 aromatic carbocycles. The van der Waals surface area contributed by atoms with Crippen molar-refractivity contribution >= 4 is 12.3 Å². The summed E-state index contributed by atoms with van der Waals surface area (Å²) in [5.74, 6) is -0.247. The maximum atomic E-state index is 10.6. The van der Waals surface area contributed by atoms with Crippen molar-refractivity contribution in [1.82, 2.24) is 0 Å². The molecule has 3 nitrogen and oxygen atoms in total. The van der Waals surface area contributed by atoms with Gasteiger partial charge in [0, 0.05) is 6.92 Å². The molecule has 0 atom stereocenters. The minimum absolute atomic E-state index is 0.247. The van der Waals surface area contributed by atoms with E-state index in [4.69, 9.17) is 4.74 Å². The second kappa shape index (κ2) is 23.1. The van der Waals surface area contributed by atoms with Gasteiger partial charge in [-0.05, 0) is 106 Å². The molecule has 196 valence electrons. The van der Waals surface area contributed by atoms with E-state index in [0.717, 1.165) is 56.0 Å². The van der Waals surface area contributed by atoms with Gasteiger partial charge < -0.3 is 4.74 Å². The third-order valence-corrected chi connectivity index (χ3v) is 5.00. The standard InChI is InChI=1S/C17H26O2.C15H24O/c1-14(2)8-6-9-15(3)10-7-11-16(4)12-13-19-17(5)18;1-13(2)7-5-8-14(3)9-6-10-15(4)11-12-16/h7-8,10-12H,6,9,13H2,1-5H3;7,9,11-12H,5-6,8,10H2,1-4H3/b11-7+,15-10+,16-12+;14-9+,15-11+. The van der Waals surface area contributed by atoms with Gasteiger partial charge in [-0.15, -0.1) is 0 Å². The van der Waals surface area contributed by atoms with E-state index in [1.54, 1.807) is 6.08 Å². The van der Waals surface area contributed by atoms with Crippen molar-refractivity contribution in [3.05, 3.63) is 82.0 Å². The highest BCUT2D eigenvalue weighted by Crippen LogP contribution is 2.11. The van der Waals surface area contributed by atoms with Crippen LogP contribution in [0.15, 0.2) is 82.0 Å². The predicted molar refractivity (Wildman–Crippen MR) is 153 cm³/mol. The molecule has 0 spiro atoms. The number of ether oxygens (including phenoxy) is 1. The number of carbonyl (C=O) groups excluding carboxylic acids is 2. The first-order valence-electron chi connectivity index (χ1n) is 12.6. The van der Waals surface area contributed by atoms with Crippen LogP contribution in [0.5, 0.6) is 0 Å². The van der Waals surface area contributed by atoms with Gasteiger partial charge in [0.25, 0.3) is 0 Å². The topological polar surface area (TPSA) is 43.4 Å². The Labute approximate surface area is 216 Å². The number of aldehydes is 1. The van der Waals surface area contributed by atoms with Crippen LogP contribution < -0.4 is 0 Å². The van der Waals surface area contributed by atoms with Gasteiger partial charge in [0.15, 0.2) is 0 Å². The van der Waals surface area contributed by atoms with Crippen molar-refractivity contribution in [3.63, 3.8) is 0 Å². The predicted octanol–water partition coefficient (Wildman–Crippen LogP) is 9.35. The summed E-state index contributed by atoms with van der Waals surface area (Å²) < 4.78 is 4.84. The monoisotopic (exact) mass is 482 g/mol. The zero-order valence-electron chi connectivity index (χ0n) is 23.9. The summed E-state index contributed by atoms with van der Waals surface area (Å²) in [5, 5.41) is 0. The van der Waals surface area contributed by atoms with Crippen LogP contribution in [0.3, 0.4) is 0 Å². The third kappa shape index (κ3) is 29.3. The molecule has 0 N–H and O–H groups in total. The quantitative estimate of drug-likeness (QED) is 0.0814. The molecule has 0 rings (SSSR count). The van der Waals surface area contributed by atoms with Gasteiger partial charge in [-0.2, -0.15) is 0 Å². The van der Waals surface area contributed by atoms with Crippen LogP contribution in [0.1, 0.15) is 101 Å². The van der Waals surface area contributed by atoms with Crippen molar-refractivity contribution < 1.29 is 14.3 Å². The average molecular weight is 483 g/mol. The summed E-state index contributed by atoms with van der Waals surface area (Å²) in [5.41, 5.74) is 7.81. The zero-order valence-corrected chi connectivity index (χ0v) is 23.9. The molecular formula is C32H50O3. The highest BCUT2D eigenvalue weighted by atomic mass is 16.5. The maximum absolute atomic E-state index is 10.6. The van der Waals surface area contributed by atoms with Crippen LogP contribution in [0.4, 0.5) is 0 Å². The van der Waals surface area contributed by atoms with Crippen LogP contribution in [0.2, 0.25) is 0 Å². The summed E-state index contributed by atoms with van der Waals surface area (Å²) in [6.07, 6.45) is 23.9. The Kier molecular flexibility index (Phi) is 22.7.